The number of aryl methyl sites for hydroxylation is 1. The fourth-order valence-electron chi connectivity index (χ4n) is 1.99. The summed E-state index contributed by atoms with van der Waals surface area (Å²) in [4.78, 5) is 18.5. The molecule has 0 saturated heterocycles. The lowest BCUT2D eigenvalue weighted by atomic mass is 10.0. The number of aromatic nitrogens is 1. The number of pyridine rings is 1. The Balaban J connectivity index is 2.17. The van der Waals surface area contributed by atoms with Gasteiger partial charge in [0, 0.05) is 28.2 Å². The molecule has 18 heavy (non-hydrogen) atoms. The van der Waals surface area contributed by atoms with Gasteiger partial charge >= 0.3 is 0 Å². The first-order chi connectivity index (χ1) is 8.75. The van der Waals surface area contributed by atoms with E-state index >= 15 is 0 Å². The summed E-state index contributed by atoms with van der Waals surface area (Å²) in [6.07, 6.45) is 3.44. The molecule has 0 aliphatic heterocycles. The summed E-state index contributed by atoms with van der Waals surface area (Å²) in [5, 5.41) is 1.96. The topological polar surface area (TPSA) is 30.0 Å². The van der Waals surface area contributed by atoms with Gasteiger partial charge in [-0.15, -0.1) is 11.3 Å². The van der Waals surface area contributed by atoms with Crippen molar-refractivity contribution in [3.63, 3.8) is 0 Å². The molecular formula is C15H11NOS. The third-order valence-corrected chi connectivity index (χ3v) is 3.88. The Kier molecular flexibility index (Phi) is 2.68. The SMILES string of the molecule is Cc1ccc(C(=O)c2cncc3ccccc23)s1. The number of hydrogen-bond donors (Lipinski definition) is 0. The van der Waals surface area contributed by atoms with Gasteiger partial charge in [-0.25, -0.2) is 0 Å². The minimum Gasteiger partial charge on any atom is -0.288 e. The van der Waals surface area contributed by atoms with E-state index in [9.17, 15) is 4.79 Å². The van der Waals surface area contributed by atoms with E-state index in [4.69, 9.17) is 0 Å². The van der Waals surface area contributed by atoms with Crippen LogP contribution in [0.15, 0.2) is 48.8 Å². The van der Waals surface area contributed by atoms with E-state index in [2.05, 4.69) is 4.98 Å². The van der Waals surface area contributed by atoms with Crippen LogP contribution in [0.2, 0.25) is 0 Å². The van der Waals surface area contributed by atoms with Gasteiger partial charge in [0.25, 0.3) is 0 Å². The Labute approximate surface area is 109 Å². The number of benzene rings is 1. The van der Waals surface area contributed by atoms with Crippen LogP contribution in [0.5, 0.6) is 0 Å². The molecule has 0 unspecified atom stereocenters. The van der Waals surface area contributed by atoms with Gasteiger partial charge in [-0.05, 0) is 24.4 Å². The number of hydrogen-bond acceptors (Lipinski definition) is 3. The van der Waals surface area contributed by atoms with E-state index in [0.29, 0.717) is 5.56 Å². The van der Waals surface area contributed by atoms with E-state index in [-0.39, 0.29) is 5.78 Å². The highest BCUT2D eigenvalue weighted by Crippen LogP contribution is 2.23. The van der Waals surface area contributed by atoms with Crippen molar-refractivity contribution in [2.24, 2.45) is 0 Å². The fourth-order valence-corrected chi connectivity index (χ4v) is 2.81. The minimum atomic E-state index is 0.0531. The maximum Gasteiger partial charge on any atom is 0.205 e. The molecule has 2 aromatic heterocycles. The van der Waals surface area contributed by atoms with Crippen LogP contribution in [-0.2, 0) is 0 Å². The number of thiophene rings is 1. The van der Waals surface area contributed by atoms with Gasteiger partial charge in [0.15, 0.2) is 0 Å². The smallest absolute Gasteiger partial charge is 0.205 e. The van der Waals surface area contributed by atoms with Crippen LogP contribution in [0.25, 0.3) is 10.8 Å². The van der Waals surface area contributed by atoms with Crippen molar-refractivity contribution in [3.05, 3.63) is 64.1 Å². The van der Waals surface area contributed by atoms with Crippen molar-refractivity contribution < 1.29 is 4.79 Å². The lowest BCUT2D eigenvalue weighted by Crippen LogP contribution is -2.00. The van der Waals surface area contributed by atoms with Crippen molar-refractivity contribution in [2.75, 3.05) is 0 Å². The largest absolute Gasteiger partial charge is 0.288 e. The molecule has 0 saturated carbocycles. The molecule has 0 atom stereocenters. The molecule has 0 aliphatic carbocycles. The Morgan fingerprint density at radius 1 is 1.11 bits per heavy atom. The van der Waals surface area contributed by atoms with Crippen LogP contribution in [0.1, 0.15) is 20.1 Å². The molecular weight excluding hydrogens is 242 g/mol. The van der Waals surface area contributed by atoms with Gasteiger partial charge < -0.3 is 0 Å². The third kappa shape index (κ3) is 1.83. The van der Waals surface area contributed by atoms with Crippen LogP contribution < -0.4 is 0 Å². The van der Waals surface area contributed by atoms with Crippen molar-refractivity contribution in [2.45, 2.75) is 6.92 Å². The summed E-state index contributed by atoms with van der Waals surface area (Å²) in [6.45, 7) is 2.00. The standard InChI is InChI=1S/C15H11NOS/c1-10-6-7-14(18-10)15(17)13-9-16-8-11-4-2-3-5-12(11)13/h2-9H,1H3. The first kappa shape index (κ1) is 11.1. The molecule has 3 heteroatoms. The summed E-state index contributed by atoms with van der Waals surface area (Å²) in [7, 11) is 0. The zero-order chi connectivity index (χ0) is 12.5. The molecule has 3 aromatic rings. The molecule has 0 bridgehead atoms. The van der Waals surface area contributed by atoms with E-state index in [1.54, 1.807) is 12.4 Å². The summed E-state index contributed by atoms with van der Waals surface area (Å²) >= 11 is 1.52. The van der Waals surface area contributed by atoms with Crippen molar-refractivity contribution >= 4 is 27.9 Å². The first-order valence-electron chi connectivity index (χ1n) is 5.69. The molecule has 0 radical (unpaired) electrons. The summed E-state index contributed by atoms with van der Waals surface area (Å²) in [6, 6.07) is 11.7. The maximum absolute atomic E-state index is 12.4. The van der Waals surface area contributed by atoms with Crippen LogP contribution in [-0.4, -0.2) is 10.8 Å². The quantitative estimate of drug-likeness (QED) is 0.649. The average molecular weight is 253 g/mol. The molecule has 2 heterocycles. The summed E-state index contributed by atoms with van der Waals surface area (Å²) < 4.78 is 0. The number of nitrogens with zero attached hydrogens (tertiary/aromatic N) is 1. The Bertz CT molecular complexity index is 725. The molecule has 0 aliphatic rings. The van der Waals surface area contributed by atoms with Crippen molar-refractivity contribution in [1.29, 1.82) is 0 Å². The predicted molar refractivity (Wildman–Crippen MR) is 74.2 cm³/mol. The van der Waals surface area contributed by atoms with E-state index in [1.165, 1.54) is 11.3 Å². The number of carbonyl (C=O) groups excluding carboxylic acids is 1. The normalized spacial score (nSPS) is 10.7. The van der Waals surface area contributed by atoms with E-state index in [0.717, 1.165) is 20.5 Å². The lowest BCUT2D eigenvalue weighted by Gasteiger charge is -2.03. The molecule has 0 spiro atoms. The Morgan fingerprint density at radius 3 is 2.72 bits per heavy atom. The average Bonchev–Trinajstić information content (AvgIpc) is 2.84. The highest BCUT2D eigenvalue weighted by molar-refractivity contribution is 7.14. The Hall–Kier alpha value is -2.00. The van der Waals surface area contributed by atoms with Gasteiger partial charge in [-0.1, -0.05) is 24.3 Å². The fraction of sp³-hybridized carbons (Fsp3) is 0.0667. The van der Waals surface area contributed by atoms with Crippen LogP contribution in [0.4, 0.5) is 0 Å². The van der Waals surface area contributed by atoms with Gasteiger partial charge in [0.05, 0.1) is 4.88 Å². The van der Waals surface area contributed by atoms with Crippen molar-refractivity contribution in [3.8, 4) is 0 Å². The van der Waals surface area contributed by atoms with E-state index < -0.39 is 0 Å². The second-order valence-corrected chi connectivity index (χ2v) is 5.44. The molecule has 0 fully saturated rings. The monoisotopic (exact) mass is 253 g/mol. The second-order valence-electron chi connectivity index (χ2n) is 4.15. The van der Waals surface area contributed by atoms with Gasteiger partial charge in [0.2, 0.25) is 5.78 Å². The minimum absolute atomic E-state index is 0.0531. The maximum atomic E-state index is 12.4. The number of ketones is 1. The molecule has 2 nitrogen and oxygen atoms in total. The summed E-state index contributed by atoms with van der Waals surface area (Å²) in [5.41, 5.74) is 0.676. The van der Waals surface area contributed by atoms with Crippen molar-refractivity contribution in [1.82, 2.24) is 4.98 Å². The number of fused-ring (bicyclic) bond motifs is 1. The summed E-state index contributed by atoms with van der Waals surface area (Å²) in [5.74, 6) is 0.0531. The van der Waals surface area contributed by atoms with E-state index in [1.807, 2.05) is 43.3 Å². The zero-order valence-electron chi connectivity index (χ0n) is 9.88. The number of rotatable bonds is 2. The molecule has 1 aromatic carbocycles. The first-order valence-corrected chi connectivity index (χ1v) is 6.51. The molecule has 88 valence electrons. The van der Waals surface area contributed by atoms with Crippen LogP contribution in [0, 0.1) is 6.92 Å². The highest BCUT2D eigenvalue weighted by atomic mass is 32.1. The highest BCUT2D eigenvalue weighted by Gasteiger charge is 2.14. The second kappa shape index (κ2) is 4.35. The molecule has 0 N–H and O–H groups in total. The molecule has 0 amide bonds. The van der Waals surface area contributed by atoms with Crippen LogP contribution >= 0.6 is 11.3 Å². The van der Waals surface area contributed by atoms with Crippen LogP contribution in [0.3, 0.4) is 0 Å². The molecule has 3 rings (SSSR count). The lowest BCUT2D eigenvalue weighted by molar-refractivity contribution is 0.104. The van der Waals surface area contributed by atoms with Gasteiger partial charge in [0.1, 0.15) is 0 Å². The Morgan fingerprint density at radius 2 is 1.94 bits per heavy atom. The zero-order valence-corrected chi connectivity index (χ0v) is 10.7. The van der Waals surface area contributed by atoms with Gasteiger partial charge in [-0.3, -0.25) is 9.78 Å². The third-order valence-electron chi connectivity index (χ3n) is 2.88. The van der Waals surface area contributed by atoms with Gasteiger partial charge in [-0.2, -0.15) is 0 Å². The number of carbonyl (C=O) groups is 1. The predicted octanol–water partition coefficient (Wildman–Crippen LogP) is 3.84.